The predicted molar refractivity (Wildman–Crippen MR) is 129 cm³/mol. The minimum absolute atomic E-state index is 0.00526. The van der Waals surface area contributed by atoms with Crippen LogP contribution in [0, 0.1) is 6.92 Å². The molecule has 0 spiro atoms. The number of aryl methyl sites for hydroxylation is 1. The number of pyridine rings is 1. The molecule has 33 heavy (non-hydrogen) atoms. The Kier molecular flexibility index (Phi) is 5.77. The molecule has 9 heteroatoms. The Morgan fingerprint density at radius 1 is 1.15 bits per heavy atom. The minimum atomic E-state index is -0.339. The smallest absolute Gasteiger partial charge is 0.339 e. The number of carbonyl (C=O) groups is 2. The van der Waals surface area contributed by atoms with Crippen molar-refractivity contribution in [1.82, 2.24) is 9.88 Å². The quantitative estimate of drug-likeness (QED) is 0.361. The first kappa shape index (κ1) is 21.8. The summed E-state index contributed by atoms with van der Waals surface area (Å²) in [7, 11) is 3.06. The summed E-state index contributed by atoms with van der Waals surface area (Å²) in [6.07, 6.45) is 2.62. The van der Waals surface area contributed by atoms with Crippen molar-refractivity contribution in [2.75, 3.05) is 27.3 Å². The fourth-order valence-corrected chi connectivity index (χ4v) is 6.22. The first-order valence-corrected chi connectivity index (χ1v) is 12.1. The number of ether oxygens (including phenoxy) is 3. The number of amides is 1. The van der Waals surface area contributed by atoms with Crippen molar-refractivity contribution in [2.45, 2.75) is 19.4 Å². The predicted octanol–water partition coefficient (Wildman–Crippen LogP) is 5.26. The van der Waals surface area contributed by atoms with Gasteiger partial charge in [0.1, 0.15) is 11.5 Å². The standard InChI is InChI=1S/C24H22N2O5S2/c1-13-21(24(28)30-3)16-5-4-14(10-19(16)32-13)31-18-6-8-25-17-11-20(33-22(17)18)23(27)26-9-7-15(12-26)29-2/h4-6,8,10-11,15H,7,9,12H2,1-3H3. The number of thiophene rings is 2. The van der Waals surface area contributed by atoms with E-state index < -0.39 is 0 Å². The van der Waals surface area contributed by atoms with Gasteiger partial charge in [-0.25, -0.2) is 4.79 Å². The molecule has 4 aromatic rings. The van der Waals surface area contributed by atoms with Gasteiger partial charge in [0.2, 0.25) is 0 Å². The van der Waals surface area contributed by atoms with Crippen molar-refractivity contribution < 1.29 is 23.8 Å². The molecule has 1 amide bonds. The molecule has 0 radical (unpaired) electrons. The number of methoxy groups -OCH3 is 2. The van der Waals surface area contributed by atoms with Crippen LogP contribution in [-0.4, -0.2) is 55.2 Å². The highest BCUT2D eigenvalue weighted by molar-refractivity contribution is 7.21. The molecule has 0 bridgehead atoms. The van der Waals surface area contributed by atoms with Crippen LogP contribution in [0.2, 0.25) is 0 Å². The van der Waals surface area contributed by atoms with E-state index in [1.54, 1.807) is 19.4 Å². The highest BCUT2D eigenvalue weighted by atomic mass is 32.1. The second-order valence-corrected chi connectivity index (χ2v) is 10.1. The zero-order valence-electron chi connectivity index (χ0n) is 18.4. The summed E-state index contributed by atoms with van der Waals surface area (Å²) in [4.78, 5) is 32.9. The van der Waals surface area contributed by atoms with E-state index >= 15 is 0 Å². The third-order valence-electron chi connectivity index (χ3n) is 5.81. The first-order chi connectivity index (χ1) is 16.0. The summed E-state index contributed by atoms with van der Waals surface area (Å²) in [6, 6.07) is 9.25. The lowest BCUT2D eigenvalue weighted by molar-refractivity contribution is 0.0602. The molecule has 1 atom stereocenters. The molecule has 7 nitrogen and oxygen atoms in total. The summed E-state index contributed by atoms with van der Waals surface area (Å²) >= 11 is 2.91. The van der Waals surface area contributed by atoms with Gasteiger partial charge in [0.25, 0.3) is 5.91 Å². The Labute approximate surface area is 198 Å². The van der Waals surface area contributed by atoms with Gasteiger partial charge in [0, 0.05) is 47.4 Å². The maximum absolute atomic E-state index is 13.0. The van der Waals surface area contributed by atoms with Crippen molar-refractivity contribution in [3.63, 3.8) is 0 Å². The number of nitrogens with zero attached hydrogens (tertiary/aromatic N) is 2. The molecule has 1 saturated heterocycles. The number of esters is 1. The van der Waals surface area contributed by atoms with Crippen molar-refractivity contribution >= 4 is 54.9 Å². The monoisotopic (exact) mass is 482 g/mol. The van der Waals surface area contributed by atoms with Crippen molar-refractivity contribution in [2.24, 2.45) is 0 Å². The van der Waals surface area contributed by atoms with E-state index in [-0.39, 0.29) is 18.0 Å². The maximum atomic E-state index is 13.0. The zero-order valence-corrected chi connectivity index (χ0v) is 20.0. The van der Waals surface area contributed by atoms with Crippen LogP contribution in [0.15, 0.2) is 36.5 Å². The van der Waals surface area contributed by atoms with Crippen LogP contribution < -0.4 is 4.74 Å². The number of rotatable bonds is 5. The van der Waals surface area contributed by atoms with E-state index in [0.29, 0.717) is 35.0 Å². The van der Waals surface area contributed by atoms with E-state index in [9.17, 15) is 9.59 Å². The van der Waals surface area contributed by atoms with Gasteiger partial charge in [0.05, 0.1) is 33.9 Å². The third-order valence-corrected chi connectivity index (χ3v) is 8.00. The average Bonchev–Trinajstić information content (AvgIpc) is 3.54. The molecular formula is C24H22N2O5S2. The summed E-state index contributed by atoms with van der Waals surface area (Å²) < 4.78 is 18.3. The number of benzene rings is 1. The fourth-order valence-electron chi connectivity index (χ4n) is 4.11. The summed E-state index contributed by atoms with van der Waals surface area (Å²) in [5.74, 6) is 0.945. The topological polar surface area (TPSA) is 78.0 Å². The molecule has 1 aliphatic rings. The second kappa shape index (κ2) is 8.74. The maximum Gasteiger partial charge on any atom is 0.339 e. The summed E-state index contributed by atoms with van der Waals surface area (Å²) in [5.41, 5.74) is 1.32. The zero-order chi connectivity index (χ0) is 23.1. The van der Waals surface area contributed by atoms with Crippen molar-refractivity contribution in [3.8, 4) is 11.5 Å². The van der Waals surface area contributed by atoms with Gasteiger partial charge >= 0.3 is 5.97 Å². The molecule has 1 unspecified atom stereocenters. The van der Waals surface area contributed by atoms with Gasteiger partial charge in [-0.1, -0.05) is 0 Å². The van der Waals surface area contributed by atoms with Crippen molar-refractivity contribution in [1.29, 1.82) is 0 Å². The van der Waals surface area contributed by atoms with Crippen LogP contribution in [0.25, 0.3) is 20.3 Å². The molecule has 5 rings (SSSR count). The SMILES string of the molecule is COC(=O)c1c(C)sc2cc(Oc3ccnc4cc(C(=O)N5CCC(OC)C5)sc34)ccc12. The number of likely N-dealkylation sites (tertiary alicyclic amines) is 1. The van der Waals surface area contributed by atoms with Crippen LogP contribution in [0.3, 0.4) is 0 Å². The lowest BCUT2D eigenvalue weighted by Crippen LogP contribution is -2.29. The van der Waals surface area contributed by atoms with Gasteiger partial charge in [-0.2, -0.15) is 0 Å². The van der Waals surface area contributed by atoms with Crippen LogP contribution in [0.5, 0.6) is 11.5 Å². The molecule has 170 valence electrons. The number of aromatic nitrogens is 1. The lowest BCUT2D eigenvalue weighted by atomic mass is 10.1. The molecular weight excluding hydrogens is 460 g/mol. The molecule has 0 N–H and O–H groups in total. The normalized spacial score (nSPS) is 16.0. The molecule has 1 aliphatic heterocycles. The van der Waals surface area contributed by atoms with Gasteiger partial charge < -0.3 is 19.1 Å². The largest absolute Gasteiger partial charge is 0.465 e. The van der Waals surface area contributed by atoms with E-state index in [4.69, 9.17) is 14.2 Å². The first-order valence-electron chi connectivity index (χ1n) is 10.5. The van der Waals surface area contributed by atoms with E-state index in [2.05, 4.69) is 4.98 Å². The van der Waals surface area contributed by atoms with E-state index in [0.717, 1.165) is 31.6 Å². The van der Waals surface area contributed by atoms with Crippen LogP contribution in [0.4, 0.5) is 0 Å². The molecule has 4 heterocycles. The molecule has 3 aromatic heterocycles. The van der Waals surface area contributed by atoms with Gasteiger partial charge in [-0.05, 0) is 37.6 Å². The lowest BCUT2D eigenvalue weighted by Gasteiger charge is -2.14. The van der Waals surface area contributed by atoms with E-state index in [1.165, 1.54) is 29.8 Å². The van der Waals surface area contributed by atoms with Crippen LogP contribution in [-0.2, 0) is 9.47 Å². The number of carbonyl (C=O) groups excluding carboxylic acids is 2. The Bertz CT molecular complexity index is 1380. The van der Waals surface area contributed by atoms with E-state index in [1.807, 2.05) is 36.1 Å². The van der Waals surface area contributed by atoms with Gasteiger partial charge in [-0.3, -0.25) is 9.78 Å². The third kappa shape index (κ3) is 3.96. The number of fused-ring (bicyclic) bond motifs is 2. The van der Waals surface area contributed by atoms with Crippen LogP contribution >= 0.6 is 22.7 Å². The Morgan fingerprint density at radius 3 is 2.76 bits per heavy atom. The molecule has 1 aromatic carbocycles. The van der Waals surface area contributed by atoms with Crippen molar-refractivity contribution in [3.05, 3.63) is 51.8 Å². The highest BCUT2D eigenvalue weighted by Crippen LogP contribution is 2.38. The Hall–Kier alpha value is -3.01. The summed E-state index contributed by atoms with van der Waals surface area (Å²) in [5, 5.41) is 0.848. The Balaban J connectivity index is 1.44. The Morgan fingerprint density at radius 2 is 2.00 bits per heavy atom. The molecule has 1 fully saturated rings. The summed E-state index contributed by atoms with van der Waals surface area (Å²) in [6.45, 7) is 3.20. The molecule has 0 saturated carbocycles. The van der Waals surface area contributed by atoms with Gasteiger partial charge in [-0.15, -0.1) is 22.7 Å². The second-order valence-electron chi connectivity index (χ2n) is 7.82. The van der Waals surface area contributed by atoms with Gasteiger partial charge in [0.15, 0.2) is 0 Å². The highest BCUT2D eigenvalue weighted by Gasteiger charge is 2.28. The number of hydrogen-bond donors (Lipinski definition) is 0. The fraction of sp³-hybridized carbons (Fsp3) is 0.292. The minimum Gasteiger partial charge on any atom is -0.465 e. The number of hydrogen-bond acceptors (Lipinski definition) is 8. The molecule has 0 aliphatic carbocycles. The average molecular weight is 483 g/mol. The van der Waals surface area contributed by atoms with Crippen LogP contribution in [0.1, 0.15) is 31.3 Å².